The number of carboxylic acid groups (broad SMARTS) is 1. The highest BCUT2D eigenvalue weighted by Crippen LogP contribution is 2.01. The van der Waals surface area contributed by atoms with Gasteiger partial charge in [-0.2, -0.15) is 0 Å². The standard InChI is InChI=1S/C10H15N3O2/c1-2-3-4-9-12-6-7(13-9)5-8(11)10(14)15/h2-3,6,8H,4-5,11H2,1H3,(H,12,13)(H,14,15)/b3-2+. The molecular formula is C10H15N3O2. The average Bonchev–Trinajstić information content (AvgIpc) is 2.62. The number of H-pyrrole nitrogens is 1. The van der Waals surface area contributed by atoms with E-state index in [1.807, 2.05) is 19.1 Å². The summed E-state index contributed by atoms with van der Waals surface area (Å²) in [5.41, 5.74) is 6.15. The third kappa shape index (κ3) is 3.55. The van der Waals surface area contributed by atoms with Gasteiger partial charge in [0.2, 0.25) is 0 Å². The normalized spacial score (nSPS) is 13.2. The van der Waals surface area contributed by atoms with E-state index in [1.54, 1.807) is 6.20 Å². The Balaban J connectivity index is 2.56. The highest BCUT2D eigenvalue weighted by Gasteiger charge is 2.13. The van der Waals surface area contributed by atoms with Crippen LogP contribution in [0.5, 0.6) is 0 Å². The first-order chi connectivity index (χ1) is 7.13. The van der Waals surface area contributed by atoms with Gasteiger partial charge in [-0.15, -0.1) is 0 Å². The zero-order valence-corrected chi connectivity index (χ0v) is 8.60. The van der Waals surface area contributed by atoms with E-state index in [2.05, 4.69) is 9.97 Å². The molecule has 5 nitrogen and oxygen atoms in total. The fraction of sp³-hybridized carbons (Fsp3) is 0.400. The molecule has 0 bridgehead atoms. The average molecular weight is 209 g/mol. The molecule has 0 aliphatic rings. The molecule has 4 N–H and O–H groups in total. The van der Waals surface area contributed by atoms with Gasteiger partial charge in [0, 0.05) is 24.7 Å². The highest BCUT2D eigenvalue weighted by atomic mass is 16.4. The molecule has 0 aliphatic carbocycles. The minimum atomic E-state index is -1.00. The van der Waals surface area contributed by atoms with Crippen LogP contribution in [0.2, 0.25) is 0 Å². The number of carboxylic acids is 1. The molecule has 1 atom stereocenters. The Labute approximate surface area is 88.0 Å². The van der Waals surface area contributed by atoms with Crippen LogP contribution in [-0.4, -0.2) is 27.1 Å². The SMILES string of the molecule is C/C=C/Cc1ncc(CC(N)C(=O)O)[nH]1. The monoisotopic (exact) mass is 209 g/mol. The van der Waals surface area contributed by atoms with Crippen molar-refractivity contribution in [3.8, 4) is 0 Å². The highest BCUT2D eigenvalue weighted by molar-refractivity contribution is 5.73. The third-order valence-electron chi connectivity index (χ3n) is 1.98. The first-order valence-electron chi connectivity index (χ1n) is 4.75. The quantitative estimate of drug-likeness (QED) is 0.615. The molecule has 0 saturated heterocycles. The molecule has 0 amide bonds. The van der Waals surface area contributed by atoms with Gasteiger partial charge in [-0.05, 0) is 6.92 Å². The molecule has 82 valence electrons. The number of aromatic nitrogens is 2. The molecule has 0 radical (unpaired) electrons. The number of aromatic amines is 1. The van der Waals surface area contributed by atoms with Crippen molar-refractivity contribution in [2.24, 2.45) is 5.73 Å². The predicted molar refractivity (Wildman–Crippen MR) is 56.4 cm³/mol. The van der Waals surface area contributed by atoms with Crippen LogP contribution < -0.4 is 5.73 Å². The molecule has 15 heavy (non-hydrogen) atoms. The van der Waals surface area contributed by atoms with Crippen molar-refractivity contribution in [1.29, 1.82) is 0 Å². The van der Waals surface area contributed by atoms with E-state index < -0.39 is 12.0 Å². The lowest BCUT2D eigenvalue weighted by Gasteiger charge is -2.02. The second kappa shape index (κ2) is 5.31. The lowest BCUT2D eigenvalue weighted by atomic mass is 10.2. The van der Waals surface area contributed by atoms with E-state index >= 15 is 0 Å². The Hall–Kier alpha value is -1.62. The number of hydrogen-bond donors (Lipinski definition) is 3. The summed E-state index contributed by atoms with van der Waals surface area (Å²) >= 11 is 0. The summed E-state index contributed by atoms with van der Waals surface area (Å²) in [7, 11) is 0. The summed E-state index contributed by atoms with van der Waals surface area (Å²) in [6, 6.07) is -0.875. The zero-order chi connectivity index (χ0) is 11.3. The molecule has 0 fully saturated rings. The van der Waals surface area contributed by atoms with E-state index in [9.17, 15) is 4.79 Å². The summed E-state index contributed by atoms with van der Waals surface area (Å²) < 4.78 is 0. The molecule has 1 aromatic rings. The maximum Gasteiger partial charge on any atom is 0.320 e. The van der Waals surface area contributed by atoms with Crippen LogP contribution in [0.25, 0.3) is 0 Å². The van der Waals surface area contributed by atoms with E-state index in [0.29, 0.717) is 0 Å². The van der Waals surface area contributed by atoms with Crippen LogP contribution in [-0.2, 0) is 17.6 Å². The second-order valence-corrected chi connectivity index (χ2v) is 3.28. The van der Waals surface area contributed by atoms with Crippen molar-refractivity contribution in [3.63, 3.8) is 0 Å². The van der Waals surface area contributed by atoms with Gasteiger partial charge in [0.1, 0.15) is 11.9 Å². The molecule has 0 aliphatic heterocycles. The molecular weight excluding hydrogens is 194 g/mol. The predicted octanol–water partition coefficient (Wildman–Crippen LogP) is 0.483. The topological polar surface area (TPSA) is 92.0 Å². The van der Waals surface area contributed by atoms with Crippen LogP contribution in [0.3, 0.4) is 0 Å². The van der Waals surface area contributed by atoms with E-state index in [1.165, 1.54) is 0 Å². The molecule has 1 unspecified atom stereocenters. The first-order valence-corrected chi connectivity index (χ1v) is 4.75. The summed E-state index contributed by atoms with van der Waals surface area (Å²) in [6.07, 6.45) is 6.53. The molecule has 0 aromatic carbocycles. The Kier molecular flexibility index (Phi) is 4.05. The van der Waals surface area contributed by atoms with Gasteiger partial charge in [-0.1, -0.05) is 12.2 Å². The number of imidazole rings is 1. The number of hydrogen-bond acceptors (Lipinski definition) is 3. The van der Waals surface area contributed by atoms with Gasteiger partial charge in [-0.25, -0.2) is 4.98 Å². The maximum absolute atomic E-state index is 10.5. The van der Waals surface area contributed by atoms with Crippen molar-refractivity contribution in [2.45, 2.75) is 25.8 Å². The summed E-state index contributed by atoms with van der Waals surface area (Å²) in [5, 5.41) is 8.62. The summed E-state index contributed by atoms with van der Waals surface area (Å²) in [6.45, 7) is 1.93. The summed E-state index contributed by atoms with van der Waals surface area (Å²) in [4.78, 5) is 17.7. The smallest absolute Gasteiger partial charge is 0.320 e. The third-order valence-corrected chi connectivity index (χ3v) is 1.98. The molecule has 1 aromatic heterocycles. The van der Waals surface area contributed by atoms with Crippen molar-refractivity contribution in [3.05, 3.63) is 29.9 Å². The summed E-state index contributed by atoms with van der Waals surface area (Å²) in [5.74, 6) is -0.180. The Morgan fingerprint density at radius 3 is 3.13 bits per heavy atom. The number of carbonyl (C=O) groups is 1. The minimum Gasteiger partial charge on any atom is -0.480 e. The molecule has 1 rings (SSSR count). The van der Waals surface area contributed by atoms with Gasteiger partial charge in [-0.3, -0.25) is 4.79 Å². The van der Waals surface area contributed by atoms with Crippen molar-refractivity contribution >= 4 is 5.97 Å². The van der Waals surface area contributed by atoms with E-state index in [-0.39, 0.29) is 6.42 Å². The fourth-order valence-electron chi connectivity index (χ4n) is 1.17. The van der Waals surface area contributed by atoms with Crippen LogP contribution >= 0.6 is 0 Å². The largest absolute Gasteiger partial charge is 0.480 e. The van der Waals surface area contributed by atoms with Gasteiger partial charge < -0.3 is 15.8 Å². The molecule has 1 heterocycles. The van der Waals surface area contributed by atoms with Crippen molar-refractivity contribution < 1.29 is 9.90 Å². The van der Waals surface area contributed by atoms with Crippen molar-refractivity contribution in [2.75, 3.05) is 0 Å². The number of nitrogens with zero attached hydrogens (tertiary/aromatic N) is 1. The lowest BCUT2D eigenvalue weighted by Crippen LogP contribution is -2.32. The minimum absolute atomic E-state index is 0.276. The van der Waals surface area contributed by atoms with Gasteiger partial charge in [0.05, 0.1) is 0 Å². The van der Waals surface area contributed by atoms with E-state index in [0.717, 1.165) is 17.9 Å². The molecule has 0 spiro atoms. The van der Waals surface area contributed by atoms with Crippen LogP contribution in [0, 0.1) is 0 Å². The fourth-order valence-corrected chi connectivity index (χ4v) is 1.17. The number of aliphatic carboxylic acids is 1. The lowest BCUT2D eigenvalue weighted by molar-refractivity contribution is -0.138. The number of allylic oxidation sites excluding steroid dienone is 2. The molecule has 5 heteroatoms. The van der Waals surface area contributed by atoms with Gasteiger partial charge >= 0.3 is 5.97 Å². The van der Waals surface area contributed by atoms with Crippen LogP contribution in [0.15, 0.2) is 18.3 Å². The Morgan fingerprint density at radius 1 is 1.80 bits per heavy atom. The Morgan fingerprint density at radius 2 is 2.53 bits per heavy atom. The number of rotatable bonds is 5. The van der Waals surface area contributed by atoms with Crippen LogP contribution in [0.4, 0.5) is 0 Å². The second-order valence-electron chi connectivity index (χ2n) is 3.28. The number of nitrogens with two attached hydrogens (primary N) is 1. The van der Waals surface area contributed by atoms with E-state index in [4.69, 9.17) is 10.8 Å². The van der Waals surface area contributed by atoms with Crippen LogP contribution in [0.1, 0.15) is 18.4 Å². The Bertz CT molecular complexity index is 357. The maximum atomic E-state index is 10.5. The van der Waals surface area contributed by atoms with Gasteiger partial charge in [0.15, 0.2) is 0 Å². The number of nitrogens with one attached hydrogen (secondary N) is 1. The van der Waals surface area contributed by atoms with Crippen molar-refractivity contribution in [1.82, 2.24) is 9.97 Å². The molecule has 0 saturated carbocycles. The zero-order valence-electron chi connectivity index (χ0n) is 8.60. The van der Waals surface area contributed by atoms with Gasteiger partial charge in [0.25, 0.3) is 0 Å². The first kappa shape index (κ1) is 11.5.